The summed E-state index contributed by atoms with van der Waals surface area (Å²) in [5.41, 5.74) is 0. The van der Waals surface area contributed by atoms with Crippen LogP contribution in [0.25, 0.3) is 0 Å². The summed E-state index contributed by atoms with van der Waals surface area (Å²) in [4.78, 5) is 0. The molecule has 0 aromatic heterocycles. The molecule has 13 heavy (non-hydrogen) atoms. The molecule has 0 aromatic rings. The Labute approximate surface area is 97.9 Å². The van der Waals surface area contributed by atoms with Crippen LogP contribution in [0.5, 0.6) is 0 Å². The van der Waals surface area contributed by atoms with E-state index in [-0.39, 0.29) is 0 Å². The fourth-order valence-electron chi connectivity index (χ4n) is 0.594. The summed E-state index contributed by atoms with van der Waals surface area (Å²) in [7, 11) is -1.54. The van der Waals surface area contributed by atoms with Gasteiger partial charge in [-0.15, -0.1) is 0 Å². The highest BCUT2D eigenvalue weighted by molar-refractivity contribution is 14.1. The van der Waals surface area contributed by atoms with Crippen LogP contribution in [0.15, 0.2) is 0 Å². The Morgan fingerprint density at radius 3 is 1.77 bits per heavy atom. The number of alkyl halides is 1. The van der Waals surface area contributed by atoms with Crippen LogP contribution >= 0.6 is 22.6 Å². The van der Waals surface area contributed by atoms with Crippen molar-refractivity contribution < 1.29 is 4.43 Å². The molecule has 0 fully saturated rings. The van der Waals surface area contributed by atoms with Crippen LogP contribution in [0, 0.1) is 5.92 Å². The van der Waals surface area contributed by atoms with Gasteiger partial charge in [0, 0.05) is 0 Å². The average Bonchev–Trinajstić information content (AvgIpc) is 1.83. The molecule has 0 heterocycles. The maximum Gasteiger partial charge on any atom is 0.193 e. The van der Waals surface area contributed by atoms with E-state index in [9.17, 15) is 0 Å². The molecule has 3 heteroatoms. The molecule has 0 saturated carbocycles. The summed E-state index contributed by atoms with van der Waals surface area (Å²) < 4.78 is 6.55. The Kier molecular flexibility index (Phi) is 4.94. The lowest BCUT2D eigenvalue weighted by Crippen LogP contribution is -2.43. The lowest BCUT2D eigenvalue weighted by Gasteiger charge is -2.38. The largest absolute Gasteiger partial charge is 0.405 e. The lowest BCUT2D eigenvalue weighted by molar-refractivity contribution is 0.229. The highest BCUT2D eigenvalue weighted by Crippen LogP contribution is 2.38. The van der Waals surface area contributed by atoms with Crippen molar-refractivity contribution in [1.29, 1.82) is 0 Å². The molecule has 0 radical (unpaired) electrons. The normalized spacial score (nSPS) is 16.4. The van der Waals surface area contributed by atoms with Crippen LogP contribution < -0.4 is 0 Å². The van der Waals surface area contributed by atoms with Crippen molar-refractivity contribution in [2.24, 2.45) is 5.92 Å². The maximum atomic E-state index is 6.19. The zero-order valence-electron chi connectivity index (χ0n) is 9.94. The van der Waals surface area contributed by atoms with Gasteiger partial charge < -0.3 is 4.43 Å². The Hall–Kier alpha value is 0.907. The summed E-state index contributed by atoms with van der Waals surface area (Å²) >= 11 is 2.41. The van der Waals surface area contributed by atoms with Gasteiger partial charge in [0.05, 0.1) is 4.11 Å². The molecular formula is C10H23IOSi. The van der Waals surface area contributed by atoms with Gasteiger partial charge in [-0.1, -0.05) is 57.2 Å². The van der Waals surface area contributed by atoms with Crippen LogP contribution in [0.2, 0.25) is 18.1 Å². The monoisotopic (exact) mass is 314 g/mol. The van der Waals surface area contributed by atoms with Crippen molar-refractivity contribution >= 4 is 30.9 Å². The van der Waals surface area contributed by atoms with Crippen molar-refractivity contribution in [1.82, 2.24) is 0 Å². The molecule has 0 spiro atoms. The van der Waals surface area contributed by atoms with Gasteiger partial charge in [0.2, 0.25) is 0 Å². The Balaban J connectivity index is 4.34. The smallest absolute Gasteiger partial charge is 0.193 e. The third-order valence-corrected chi connectivity index (χ3v) is 9.37. The summed E-state index contributed by atoms with van der Waals surface area (Å²) in [5, 5.41) is 0.325. The first kappa shape index (κ1) is 13.9. The van der Waals surface area contributed by atoms with E-state index in [1.165, 1.54) is 0 Å². The Morgan fingerprint density at radius 1 is 1.15 bits per heavy atom. The Bertz CT molecular complexity index is 161. The molecule has 0 saturated heterocycles. The van der Waals surface area contributed by atoms with E-state index in [2.05, 4.69) is 70.3 Å². The number of hydrogen-bond donors (Lipinski definition) is 0. The van der Waals surface area contributed by atoms with Gasteiger partial charge in [-0.25, -0.2) is 0 Å². The second-order valence-corrected chi connectivity index (χ2v) is 11.5. The van der Waals surface area contributed by atoms with Crippen molar-refractivity contribution in [2.45, 2.75) is 56.9 Å². The molecule has 0 aliphatic heterocycles. The van der Waals surface area contributed by atoms with Gasteiger partial charge in [0.1, 0.15) is 0 Å². The molecular weight excluding hydrogens is 291 g/mol. The third-order valence-electron chi connectivity index (χ3n) is 2.74. The maximum absolute atomic E-state index is 6.19. The van der Waals surface area contributed by atoms with E-state index in [1.54, 1.807) is 0 Å². The summed E-state index contributed by atoms with van der Waals surface area (Å²) in [6.45, 7) is 15.9. The second kappa shape index (κ2) is 4.62. The molecule has 0 N–H and O–H groups in total. The summed E-state index contributed by atoms with van der Waals surface area (Å²) in [6.07, 6.45) is 0. The zero-order chi connectivity index (χ0) is 10.9. The van der Waals surface area contributed by atoms with Crippen LogP contribution in [0.3, 0.4) is 0 Å². The van der Waals surface area contributed by atoms with E-state index in [0.717, 1.165) is 0 Å². The minimum atomic E-state index is -1.54. The molecule has 0 unspecified atom stereocenters. The van der Waals surface area contributed by atoms with Gasteiger partial charge in [0.25, 0.3) is 0 Å². The minimum absolute atomic E-state index is 0.325. The van der Waals surface area contributed by atoms with Crippen molar-refractivity contribution in [3.05, 3.63) is 0 Å². The molecule has 1 nitrogen and oxygen atoms in total. The number of hydrogen-bond acceptors (Lipinski definition) is 1. The van der Waals surface area contributed by atoms with Gasteiger partial charge in [0.15, 0.2) is 8.32 Å². The van der Waals surface area contributed by atoms with Crippen molar-refractivity contribution in [2.75, 3.05) is 0 Å². The van der Waals surface area contributed by atoms with Crippen LogP contribution in [0.1, 0.15) is 34.6 Å². The lowest BCUT2D eigenvalue weighted by atomic mass is 10.2. The SMILES string of the molecule is CC(C)[C@H](I)O[Si](C)(C)C(C)(C)C. The highest BCUT2D eigenvalue weighted by Gasteiger charge is 2.39. The van der Waals surface area contributed by atoms with Crippen molar-refractivity contribution in [3.63, 3.8) is 0 Å². The quantitative estimate of drug-likeness (QED) is 0.425. The highest BCUT2D eigenvalue weighted by atomic mass is 127. The first-order chi connectivity index (χ1) is 5.58. The molecule has 0 aromatic carbocycles. The first-order valence-corrected chi connectivity index (χ1v) is 9.05. The van der Waals surface area contributed by atoms with Crippen LogP contribution in [-0.4, -0.2) is 12.4 Å². The fraction of sp³-hybridized carbons (Fsp3) is 1.00. The third kappa shape index (κ3) is 4.30. The van der Waals surface area contributed by atoms with Gasteiger partial charge in [-0.3, -0.25) is 0 Å². The second-order valence-electron chi connectivity index (χ2n) is 5.47. The van der Waals surface area contributed by atoms with E-state index in [1.807, 2.05) is 0 Å². The van der Waals surface area contributed by atoms with E-state index < -0.39 is 8.32 Å². The summed E-state index contributed by atoms with van der Waals surface area (Å²) in [6, 6.07) is 0. The molecule has 0 aliphatic carbocycles. The number of halogens is 1. The topological polar surface area (TPSA) is 9.23 Å². The summed E-state index contributed by atoms with van der Waals surface area (Å²) in [5.74, 6) is 0.606. The average molecular weight is 314 g/mol. The van der Waals surface area contributed by atoms with Gasteiger partial charge in [-0.2, -0.15) is 0 Å². The van der Waals surface area contributed by atoms with Gasteiger partial charge in [-0.05, 0) is 24.1 Å². The van der Waals surface area contributed by atoms with Gasteiger partial charge >= 0.3 is 0 Å². The first-order valence-electron chi connectivity index (χ1n) is 4.90. The predicted octanol–water partition coefficient (Wildman–Crippen LogP) is 4.43. The molecule has 0 bridgehead atoms. The molecule has 80 valence electrons. The van der Waals surface area contributed by atoms with Crippen LogP contribution in [0.4, 0.5) is 0 Å². The molecule has 0 rings (SSSR count). The number of rotatable bonds is 3. The van der Waals surface area contributed by atoms with Crippen LogP contribution in [-0.2, 0) is 4.43 Å². The molecule has 0 aliphatic rings. The Morgan fingerprint density at radius 2 is 1.54 bits per heavy atom. The zero-order valence-corrected chi connectivity index (χ0v) is 13.1. The van der Waals surface area contributed by atoms with E-state index in [0.29, 0.717) is 15.1 Å². The van der Waals surface area contributed by atoms with Crippen molar-refractivity contribution in [3.8, 4) is 0 Å². The predicted molar refractivity (Wildman–Crippen MR) is 70.9 cm³/mol. The van der Waals surface area contributed by atoms with E-state index in [4.69, 9.17) is 4.43 Å². The molecule has 1 atom stereocenters. The van der Waals surface area contributed by atoms with E-state index >= 15 is 0 Å². The fourth-order valence-corrected chi connectivity index (χ4v) is 3.69. The minimum Gasteiger partial charge on any atom is -0.405 e. The molecule has 0 amide bonds. The standard InChI is InChI=1S/C10H23IOSi/c1-8(2)9(11)12-13(6,7)10(3,4)5/h8-9H,1-7H3/t9-/m1/s1.